The van der Waals surface area contributed by atoms with E-state index < -0.39 is 0 Å². The molecule has 9 rings (SSSR count). The van der Waals surface area contributed by atoms with Crippen molar-refractivity contribution in [3.63, 3.8) is 0 Å². The molecule has 0 atom stereocenters. The monoisotopic (exact) mass is 719 g/mol. The van der Waals surface area contributed by atoms with E-state index in [1.54, 1.807) is 0 Å². The van der Waals surface area contributed by atoms with Crippen molar-refractivity contribution in [3.05, 3.63) is 145 Å². The molecule has 4 heteroatoms. The molecule has 0 aliphatic heterocycles. The Morgan fingerprint density at radius 2 is 0.600 bits per heavy atom. The predicted molar refractivity (Wildman–Crippen MR) is 231 cm³/mol. The molecular weight excluding hydrogens is 665 g/mol. The highest BCUT2D eigenvalue weighted by Crippen LogP contribution is 2.40. The summed E-state index contributed by atoms with van der Waals surface area (Å²) in [4.78, 5) is 13.8. The third kappa shape index (κ3) is 7.84. The number of rotatable bonds is 9. The Hall–Kier alpha value is -4.83. The Kier molecular flexibility index (Phi) is 11.0. The second-order valence-electron chi connectivity index (χ2n) is 16.7. The van der Waals surface area contributed by atoms with Crippen LogP contribution < -0.4 is 16.4 Å². The number of benzene rings is 3. The lowest BCUT2D eigenvalue weighted by molar-refractivity contribution is 0.443. The first-order chi connectivity index (χ1) is 27.3. The van der Waals surface area contributed by atoms with Gasteiger partial charge in [-0.1, -0.05) is 147 Å². The van der Waals surface area contributed by atoms with Crippen molar-refractivity contribution in [2.24, 2.45) is 0 Å². The lowest BCUT2D eigenvalue weighted by atomic mass is 9.37. The molecule has 55 heavy (non-hydrogen) atoms. The van der Waals surface area contributed by atoms with Crippen LogP contribution in [-0.4, -0.2) is 21.7 Å². The Bertz CT molecular complexity index is 1910. The van der Waals surface area contributed by atoms with Crippen molar-refractivity contribution in [1.82, 2.24) is 15.0 Å². The van der Waals surface area contributed by atoms with Crippen molar-refractivity contribution < 1.29 is 0 Å². The van der Waals surface area contributed by atoms with Crippen LogP contribution in [-0.2, 0) is 0 Å². The first-order valence-electron chi connectivity index (χ1n) is 21.4. The molecule has 3 aromatic heterocycles. The summed E-state index contributed by atoms with van der Waals surface area (Å²) < 4.78 is 0. The van der Waals surface area contributed by atoms with Gasteiger partial charge in [0, 0.05) is 37.2 Å². The highest BCUT2D eigenvalue weighted by molar-refractivity contribution is 6.95. The second-order valence-corrected chi connectivity index (χ2v) is 16.7. The van der Waals surface area contributed by atoms with Gasteiger partial charge in [0.05, 0.1) is 0 Å². The van der Waals surface area contributed by atoms with Gasteiger partial charge >= 0.3 is 0 Å². The maximum absolute atomic E-state index is 4.59. The summed E-state index contributed by atoms with van der Waals surface area (Å²) in [5.74, 6) is 1.83. The summed E-state index contributed by atoms with van der Waals surface area (Å²) in [6, 6.07) is 35.1. The van der Waals surface area contributed by atoms with Gasteiger partial charge in [-0.15, -0.1) is 0 Å². The van der Waals surface area contributed by atoms with Crippen LogP contribution in [0.1, 0.15) is 131 Å². The highest BCUT2D eigenvalue weighted by atomic mass is 14.6. The SMILES string of the molecule is c1cc(-c2ccc(B(c3ccc(-c4ccncc4C4CCCCC4)cc3)c3ccc(-c4ccncc4C4CCCCC4)cc3)cc2)c(C2CCCCC2)cn1. The first kappa shape index (κ1) is 35.9. The molecule has 3 fully saturated rings. The van der Waals surface area contributed by atoms with E-state index in [1.165, 1.54) is 163 Å². The van der Waals surface area contributed by atoms with E-state index in [1.807, 2.05) is 18.6 Å². The predicted octanol–water partition coefficient (Wildman–Crippen LogP) is 11.5. The Morgan fingerprint density at radius 1 is 0.327 bits per heavy atom. The molecule has 0 unspecified atom stereocenters. The lowest BCUT2D eigenvalue weighted by Gasteiger charge is -2.25. The number of nitrogens with zero attached hydrogens (tertiary/aromatic N) is 3. The maximum atomic E-state index is 4.59. The zero-order valence-electron chi connectivity index (χ0n) is 32.4. The van der Waals surface area contributed by atoms with E-state index in [2.05, 4.69) is 125 Å². The molecule has 3 heterocycles. The molecule has 0 saturated heterocycles. The average molecular weight is 720 g/mol. The molecule has 0 N–H and O–H groups in total. The van der Waals surface area contributed by atoms with Gasteiger partial charge in [-0.2, -0.15) is 0 Å². The molecule has 3 nitrogen and oxygen atoms in total. The van der Waals surface area contributed by atoms with Crippen molar-refractivity contribution >= 4 is 23.1 Å². The smallest absolute Gasteiger partial charge is 0.241 e. The minimum atomic E-state index is 0.109. The summed E-state index contributed by atoms with van der Waals surface area (Å²) in [6.07, 6.45) is 31.9. The Balaban J connectivity index is 1.07. The van der Waals surface area contributed by atoms with E-state index in [4.69, 9.17) is 0 Å². The number of hydrogen-bond donors (Lipinski definition) is 0. The van der Waals surface area contributed by atoms with Crippen LogP contribution in [0.3, 0.4) is 0 Å². The number of aromatic nitrogens is 3. The molecule has 6 aromatic rings. The van der Waals surface area contributed by atoms with Crippen molar-refractivity contribution in [2.75, 3.05) is 0 Å². The zero-order chi connectivity index (χ0) is 36.8. The minimum Gasteiger partial charge on any atom is -0.264 e. The molecule has 3 aromatic carbocycles. The van der Waals surface area contributed by atoms with Gasteiger partial charge < -0.3 is 0 Å². The molecule has 0 amide bonds. The maximum Gasteiger partial charge on any atom is 0.241 e. The summed E-state index contributed by atoms with van der Waals surface area (Å²) in [7, 11) is 0. The molecule has 0 bridgehead atoms. The van der Waals surface area contributed by atoms with Crippen LogP contribution in [0.25, 0.3) is 33.4 Å². The summed E-state index contributed by atoms with van der Waals surface area (Å²) >= 11 is 0. The normalized spacial score (nSPS) is 17.2. The van der Waals surface area contributed by atoms with Crippen LogP contribution in [0.2, 0.25) is 0 Å². The van der Waals surface area contributed by atoms with Gasteiger partial charge in [0.25, 0.3) is 0 Å². The van der Waals surface area contributed by atoms with Gasteiger partial charge in [0.1, 0.15) is 0 Å². The third-order valence-electron chi connectivity index (χ3n) is 13.4. The van der Waals surface area contributed by atoms with E-state index in [0.717, 1.165) is 0 Å². The fourth-order valence-corrected chi connectivity index (χ4v) is 10.4. The van der Waals surface area contributed by atoms with Crippen LogP contribution in [0.5, 0.6) is 0 Å². The molecule has 276 valence electrons. The van der Waals surface area contributed by atoms with E-state index in [9.17, 15) is 0 Å². The molecule has 0 spiro atoms. The van der Waals surface area contributed by atoms with Crippen molar-refractivity contribution in [3.8, 4) is 33.4 Å². The molecule has 0 radical (unpaired) electrons. The van der Waals surface area contributed by atoms with Gasteiger partial charge in [0.15, 0.2) is 0 Å². The zero-order valence-corrected chi connectivity index (χ0v) is 32.4. The average Bonchev–Trinajstić information content (AvgIpc) is 3.28. The fourth-order valence-electron chi connectivity index (χ4n) is 10.4. The summed E-state index contributed by atoms with van der Waals surface area (Å²) in [6.45, 7) is 0.109. The minimum absolute atomic E-state index is 0.109. The second kappa shape index (κ2) is 16.9. The highest BCUT2D eigenvalue weighted by Gasteiger charge is 2.26. The van der Waals surface area contributed by atoms with Crippen molar-refractivity contribution in [1.29, 1.82) is 0 Å². The number of hydrogen-bond acceptors (Lipinski definition) is 3. The van der Waals surface area contributed by atoms with Crippen LogP contribution in [0.15, 0.2) is 128 Å². The third-order valence-corrected chi connectivity index (χ3v) is 13.4. The summed E-state index contributed by atoms with van der Waals surface area (Å²) in [5.41, 5.74) is 16.1. The molecule has 3 saturated carbocycles. The van der Waals surface area contributed by atoms with Crippen LogP contribution in [0, 0.1) is 0 Å². The Labute approximate surface area is 329 Å². The first-order valence-corrected chi connectivity index (χ1v) is 21.4. The van der Waals surface area contributed by atoms with E-state index in [-0.39, 0.29) is 6.71 Å². The molecule has 3 aliphatic rings. The van der Waals surface area contributed by atoms with Gasteiger partial charge in [0.2, 0.25) is 6.71 Å². The topological polar surface area (TPSA) is 38.7 Å². The molecular formula is C51H54BN3. The van der Waals surface area contributed by atoms with Gasteiger partial charge in [-0.3, -0.25) is 15.0 Å². The van der Waals surface area contributed by atoms with Crippen LogP contribution in [0.4, 0.5) is 0 Å². The van der Waals surface area contributed by atoms with Crippen molar-refractivity contribution in [2.45, 2.75) is 114 Å². The quantitative estimate of drug-likeness (QED) is 0.140. The van der Waals surface area contributed by atoms with Gasteiger partial charge in [-0.05, 0) is 125 Å². The van der Waals surface area contributed by atoms with Crippen LogP contribution >= 0.6 is 0 Å². The van der Waals surface area contributed by atoms with E-state index >= 15 is 0 Å². The van der Waals surface area contributed by atoms with E-state index in [0.29, 0.717) is 17.8 Å². The lowest BCUT2D eigenvalue weighted by Crippen LogP contribution is -2.51. The standard InChI is InChI=1S/C51H54BN3/c1-4-10-37(11-5-1)49-34-53-31-28-46(49)40-16-22-43(23-17-40)52(44-24-18-41(19-25-44)47-29-32-54-35-50(47)38-12-6-2-7-13-38)45-26-20-42(21-27-45)48-30-33-55-36-51(48)39-14-8-3-9-15-39/h16-39H,1-15H2. The fraction of sp³-hybridized carbons (Fsp3) is 0.353. The largest absolute Gasteiger partial charge is 0.264 e. The van der Waals surface area contributed by atoms with Gasteiger partial charge in [-0.25, -0.2) is 0 Å². The molecule has 3 aliphatic carbocycles. The number of pyridine rings is 3. The summed E-state index contributed by atoms with van der Waals surface area (Å²) in [5, 5.41) is 0. The Morgan fingerprint density at radius 3 is 0.873 bits per heavy atom.